The Bertz CT molecular complexity index is 748. The van der Waals surface area contributed by atoms with Crippen molar-refractivity contribution in [2.45, 2.75) is 50.6 Å². The summed E-state index contributed by atoms with van der Waals surface area (Å²) >= 11 is 0. The second kappa shape index (κ2) is 6.64. The molecule has 1 N–H and O–H groups in total. The fourth-order valence-corrected chi connectivity index (χ4v) is 4.15. The van der Waals surface area contributed by atoms with E-state index in [9.17, 15) is 4.79 Å². The van der Waals surface area contributed by atoms with Crippen molar-refractivity contribution in [1.82, 2.24) is 14.9 Å². The van der Waals surface area contributed by atoms with E-state index in [1.165, 1.54) is 0 Å². The maximum absolute atomic E-state index is 13.3. The largest absolute Gasteiger partial charge is 0.381 e. The molecule has 2 aromatic rings. The maximum Gasteiger partial charge on any atom is 0.231 e. The highest BCUT2D eigenvalue weighted by atomic mass is 16.5. The second-order valence-corrected chi connectivity index (χ2v) is 7.22. The molecule has 1 amide bonds. The SMILES string of the molecule is Cc1cn2c(n1)CCC(NC(=O)C1(c3ccccc3)CCOCC1)C2. The normalized spacial score (nSPS) is 22.2. The van der Waals surface area contributed by atoms with Crippen LogP contribution in [0, 0.1) is 6.92 Å². The van der Waals surface area contributed by atoms with Crippen molar-refractivity contribution in [3.63, 3.8) is 0 Å². The quantitative estimate of drug-likeness (QED) is 0.934. The van der Waals surface area contributed by atoms with Gasteiger partial charge in [0.05, 0.1) is 11.1 Å². The number of aromatic nitrogens is 2. The summed E-state index contributed by atoms with van der Waals surface area (Å²) in [4.78, 5) is 17.9. The lowest BCUT2D eigenvalue weighted by atomic mass is 9.73. The lowest BCUT2D eigenvalue weighted by molar-refractivity contribution is -0.131. The van der Waals surface area contributed by atoms with Crippen molar-refractivity contribution in [1.29, 1.82) is 0 Å². The maximum atomic E-state index is 13.3. The number of rotatable bonds is 3. The topological polar surface area (TPSA) is 56.2 Å². The van der Waals surface area contributed by atoms with Crippen molar-refractivity contribution in [2.75, 3.05) is 13.2 Å². The number of hydrogen-bond acceptors (Lipinski definition) is 3. The van der Waals surface area contributed by atoms with Gasteiger partial charge < -0.3 is 14.6 Å². The number of hydrogen-bond donors (Lipinski definition) is 1. The van der Waals surface area contributed by atoms with E-state index in [0.717, 1.165) is 49.3 Å². The van der Waals surface area contributed by atoms with Crippen LogP contribution < -0.4 is 5.32 Å². The molecule has 0 saturated carbocycles. The molecule has 1 aromatic heterocycles. The van der Waals surface area contributed by atoms with Crippen LogP contribution in [-0.2, 0) is 27.9 Å². The van der Waals surface area contributed by atoms with Crippen molar-refractivity contribution in [3.8, 4) is 0 Å². The first-order valence-corrected chi connectivity index (χ1v) is 9.14. The second-order valence-electron chi connectivity index (χ2n) is 7.22. The Morgan fingerprint density at radius 1 is 1.28 bits per heavy atom. The number of amides is 1. The molecule has 1 aromatic carbocycles. The van der Waals surface area contributed by atoms with Crippen LogP contribution in [-0.4, -0.2) is 34.7 Å². The van der Waals surface area contributed by atoms with Crippen LogP contribution in [0.4, 0.5) is 0 Å². The summed E-state index contributed by atoms with van der Waals surface area (Å²) in [6.45, 7) is 4.10. The van der Waals surface area contributed by atoms with Gasteiger partial charge in [0, 0.05) is 38.4 Å². The van der Waals surface area contributed by atoms with Crippen LogP contribution >= 0.6 is 0 Å². The Morgan fingerprint density at radius 2 is 2.04 bits per heavy atom. The highest BCUT2D eigenvalue weighted by molar-refractivity contribution is 5.88. The molecule has 132 valence electrons. The summed E-state index contributed by atoms with van der Waals surface area (Å²) in [6, 6.07) is 10.3. The van der Waals surface area contributed by atoms with Gasteiger partial charge in [-0.25, -0.2) is 4.98 Å². The van der Waals surface area contributed by atoms with Gasteiger partial charge in [-0.05, 0) is 31.7 Å². The molecular weight excluding hydrogens is 314 g/mol. The Kier molecular flexibility index (Phi) is 4.34. The van der Waals surface area contributed by atoms with Gasteiger partial charge in [0.15, 0.2) is 0 Å². The minimum Gasteiger partial charge on any atom is -0.381 e. The molecule has 0 radical (unpaired) electrons. The van der Waals surface area contributed by atoms with Gasteiger partial charge >= 0.3 is 0 Å². The molecule has 4 rings (SSSR count). The summed E-state index contributed by atoms with van der Waals surface area (Å²) in [5.41, 5.74) is 1.68. The van der Waals surface area contributed by atoms with Crippen LogP contribution in [0.2, 0.25) is 0 Å². The Balaban J connectivity index is 1.54. The zero-order valence-corrected chi connectivity index (χ0v) is 14.7. The molecule has 1 atom stereocenters. The summed E-state index contributed by atoms with van der Waals surface area (Å²) in [7, 11) is 0. The molecule has 0 aliphatic carbocycles. The van der Waals surface area contributed by atoms with Gasteiger partial charge in [-0.15, -0.1) is 0 Å². The standard InChI is InChI=1S/C20H25N3O2/c1-15-13-23-14-17(7-8-18(23)21-15)22-19(24)20(9-11-25-12-10-20)16-5-3-2-4-6-16/h2-6,13,17H,7-12,14H2,1H3,(H,22,24). The van der Waals surface area contributed by atoms with Gasteiger partial charge in [-0.1, -0.05) is 30.3 Å². The minimum absolute atomic E-state index is 0.146. The van der Waals surface area contributed by atoms with Crippen LogP contribution in [0.25, 0.3) is 0 Å². The first kappa shape index (κ1) is 16.3. The molecule has 2 aliphatic rings. The number of imidazole rings is 1. The Labute approximate surface area is 148 Å². The number of carbonyl (C=O) groups is 1. The predicted molar refractivity (Wildman–Crippen MR) is 95.4 cm³/mol. The molecule has 0 bridgehead atoms. The number of fused-ring (bicyclic) bond motifs is 1. The van der Waals surface area contributed by atoms with E-state index in [-0.39, 0.29) is 11.9 Å². The van der Waals surface area contributed by atoms with E-state index in [4.69, 9.17) is 4.74 Å². The third-order valence-electron chi connectivity index (χ3n) is 5.56. The van der Waals surface area contributed by atoms with Gasteiger partial charge in [0.1, 0.15) is 5.82 Å². The van der Waals surface area contributed by atoms with E-state index >= 15 is 0 Å². The highest BCUT2D eigenvalue weighted by Crippen LogP contribution is 2.35. The third-order valence-corrected chi connectivity index (χ3v) is 5.56. The average molecular weight is 339 g/mol. The summed E-state index contributed by atoms with van der Waals surface area (Å²) in [6.07, 6.45) is 5.43. The lowest BCUT2D eigenvalue weighted by Gasteiger charge is -2.38. The molecule has 2 aliphatic heterocycles. The van der Waals surface area contributed by atoms with E-state index in [2.05, 4.69) is 33.2 Å². The average Bonchev–Trinajstić information content (AvgIpc) is 3.02. The monoisotopic (exact) mass is 339 g/mol. The van der Waals surface area contributed by atoms with Crippen LogP contribution in [0.15, 0.2) is 36.5 Å². The van der Waals surface area contributed by atoms with E-state index in [1.807, 2.05) is 25.1 Å². The summed E-state index contributed by atoms with van der Waals surface area (Å²) < 4.78 is 7.73. The molecule has 5 heteroatoms. The zero-order valence-electron chi connectivity index (χ0n) is 14.7. The number of nitrogens with one attached hydrogen (secondary N) is 1. The Hall–Kier alpha value is -2.14. The fraction of sp³-hybridized carbons (Fsp3) is 0.500. The number of benzene rings is 1. The fourth-order valence-electron chi connectivity index (χ4n) is 4.15. The van der Waals surface area contributed by atoms with Gasteiger partial charge in [-0.2, -0.15) is 0 Å². The van der Waals surface area contributed by atoms with E-state index in [1.54, 1.807) is 0 Å². The van der Waals surface area contributed by atoms with Crippen LogP contribution in [0.5, 0.6) is 0 Å². The third kappa shape index (κ3) is 3.09. The first-order chi connectivity index (χ1) is 12.2. The van der Waals surface area contributed by atoms with Crippen molar-refractivity contribution in [3.05, 3.63) is 53.6 Å². The molecule has 3 heterocycles. The highest BCUT2D eigenvalue weighted by Gasteiger charge is 2.42. The minimum atomic E-state index is -0.468. The smallest absolute Gasteiger partial charge is 0.231 e. The van der Waals surface area contributed by atoms with Gasteiger partial charge in [0.25, 0.3) is 0 Å². The van der Waals surface area contributed by atoms with E-state index in [0.29, 0.717) is 13.2 Å². The molecule has 5 nitrogen and oxygen atoms in total. The summed E-state index contributed by atoms with van der Waals surface area (Å²) in [5.74, 6) is 1.28. The Morgan fingerprint density at radius 3 is 2.80 bits per heavy atom. The van der Waals surface area contributed by atoms with Crippen molar-refractivity contribution < 1.29 is 9.53 Å². The molecule has 0 spiro atoms. The van der Waals surface area contributed by atoms with Crippen LogP contribution in [0.3, 0.4) is 0 Å². The zero-order chi connectivity index (χ0) is 17.3. The van der Waals surface area contributed by atoms with Gasteiger partial charge in [-0.3, -0.25) is 4.79 Å². The number of carbonyl (C=O) groups excluding carboxylic acids is 1. The van der Waals surface area contributed by atoms with Crippen molar-refractivity contribution in [2.24, 2.45) is 0 Å². The van der Waals surface area contributed by atoms with Gasteiger partial charge in [0.2, 0.25) is 5.91 Å². The molecular formula is C20H25N3O2. The van der Waals surface area contributed by atoms with E-state index < -0.39 is 5.41 Å². The summed E-state index contributed by atoms with van der Waals surface area (Å²) in [5, 5.41) is 3.33. The first-order valence-electron chi connectivity index (χ1n) is 9.14. The lowest BCUT2D eigenvalue weighted by Crippen LogP contribution is -2.52. The van der Waals surface area contributed by atoms with Crippen molar-refractivity contribution >= 4 is 5.91 Å². The number of nitrogens with zero attached hydrogens (tertiary/aromatic N) is 2. The molecule has 1 saturated heterocycles. The predicted octanol–water partition coefficient (Wildman–Crippen LogP) is 2.37. The molecule has 1 fully saturated rings. The molecule has 25 heavy (non-hydrogen) atoms. The van der Waals surface area contributed by atoms with Crippen LogP contribution in [0.1, 0.15) is 36.3 Å². The molecule has 1 unspecified atom stereocenters. The number of ether oxygens (including phenoxy) is 1. The number of aryl methyl sites for hydroxylation is 2.